The molecule has 1 unspecified atom stereocenters. The summed E-state index contributed by atoms with van der Waals surface area (Å²) in [5.41, 5.74) is 3.19. The highest BCUT2D eigenvalue weighted by molar-refractivity contribution is 6.00. The maximum atomic E-state index is 11.9. The highest BCUT2D eigenvalue weighted by atomic mass is 16.6. The number of nitrogens with zero attached hydrogens (tertiary/aromatic N) is 2. The number of benzene rings is 1. The maximum Gasteiger partial charge on any atom is 0.269 e. The summed E-state index contributed by atoms with van der Waals surface area (Å²) < 4.78 is 0. The molecule has 1 fully saturated rings. The van der Waals surface area contributed by atoms with Gasteiger partial charge < -0.3 is 4.90 Å². The molecular weight excluding hydrogens is 264 g/mol. The fourth-order valence-corrected chi connectivity index (χ4v) is 2.29. The van der Waals surface area contributed by atoms with Crippen LogP contribution in [0.15, 0.2) is 18.2 Å². The standard InChI is InChI=1S/C12H14N4O4/c1-7-4-9(16(19)20)2-3-10(7)15-6-8(5-11(15)17)12(18)14-13/h2-4,8H,5-6,13H2,1H3,(H,14,18). The SMILES string of the molecule is Cc1cc([N+](=O)[O-])ccc1N1CC(C(=O)NN)CC1=O. The second-order valence-electron chi connectivity index (χ2n) is 4.64. The lowest BCUT2D eigenvalue weighted by atomic mass is 10.1. The van der Waals surface area contributed by atoms with Gasteiger partial charge in [0.2, 0.25) is 11.8 Å². The topological polar surface area (TPSA) is 119 Å². The third-order valence-electron chi connectivity index (χ3n) is 3.32. The zero-order chi connectivity index (χ0) is 14.9. The van der Waals surface area contributed by atoms with E-state index in [0.29, 0.717) is 11.3 Å². The van der Waals surface area contributed by atoms with Gasteiger partial charge in [-0.3, -0.25) is 25.1 Å². The largest absolute Gasteiger partial charge is 0.311 e. The van der Waals surface area contributed by atoms with Crippen LogP contribution in [-0.4, -0.2) is 23.3 Å². The number of carbonyl (C=O) groups excluding carboxylic acids is 2. The van der Waals surface area contributed by atoms with E-state index in [2.05, 4.69) is 0 Å². The minimum atomic E-state index is -0.498. The van der Waals surface area contributed by atoms with Crippen LogP contribution in [0.5, 0.6) is 0 Å². The summed E-state index contributed by atoms with van der Waals surface area (Å²) >= 11 is 0. The molecule has 1 aromatic rings. The molecule has 8 heteroatoms. The first-order valence-corrected chi connectivity index (χ1v) is 6.00. The lowest BCUT2D eigenvalue weighted by Crippen LogP contribution is -2.37. The Kier molecular flexibility index (Phi) is 3.66. The Labute approximate surface area is 114 Å². The van der Waals surface area contributed by atoms with Crippen molar-refractivity contribution >= 4 is 23.2 Å². The lowest BCUT2D eigenvalue weighted by molar-refractivity contribution is -0.384. The van der Waals surface area contributed by atoms with Crippen LogP contribution in [0.2, 0.25) is 0 Å². The predicted octanol–water partition coefficient (Wildman–Crippen LogP) is 0.246. The molecule has 0 aromatic heterocycles. The van der Waals surface area contributed by atoms with Crippen LogP contribution in [0.4, 0.5) is 11.4 Å². The van der Waals surface area contributed by atoms with E-state index in [1.807, 2.05) is 5.43 Å². The molecule has 0 radical (unpaired) electrons. The van der Waals surface area contributed by atoms with Crippen molar-refractivity contribution in [1.82, 2.24) is 5.43 Å². The molecule has 20 heavy (non-hydrogen) atoms. The number of nitrogens with two attached hydrogens (primary N) is 1. The van der Waals surface area contributed by atoms with Crippen molar-refractivity contribution < 1.29 is 14.5 Å². The number of anilines is 1. The number of rotatable bonds is 3. The van der Waals surface area contributed by atoms with Gasteiger partial charge in [-0.05, 0) is 18.6 Å². The van der Waals surface area contributed by atoms with E-state index in [0.717, 1.165) is 0 Å². The van der Waals surface area contributed by atoms with Gasteiger partial charge in [0.25, 0.3) is 5.69 Å². The molecular formula is C12H14N4O4. The zero-order valence-corrected chi connectivity index (χ0v) is 10.8. The Bertz CT molecular complexity index is 587. The van der Waals surface area contributed by atoms with Crippen LogP contribution in [0.3, 0.4) is 0 Å². The first kappa shape index (κ1) is 13.9. The van der Waals surface area contributed by atoms with Gasteiger partial charge in [0, 0.05) is 30.8 Å². The monoisotopic (exact) mass is 278 g/mol. The van der Waals surface area contributed by atoms with Crippen molar-refractivity contribution in [2.75, 3.05) is 11.4 Å². The van der Waals surface area contributed by atoms with Crippen molar-refractivity contribution in [3.8, 4) is 0 Å². The van der Waals surface area contributed by atoms with E-state index in [1.54, 1.807) is 6.92 Å². The van der Waals surface area contributed by atoms with Crippen LogP contribution in [0.25, 0.3) is 0 Å². The Balaban J connectivity index is 2.26. The number of hydrazine groups is 1. The van der Waals surface area contributed by atoms with Gasteiger partial charge in [-0.1, -0.05) is 0 Å². The average molecular weight is 278 g/mol. The van der Waals surface area contributed by atoms with Gasteiger partial charge in [0.05, 0.1) is 10.8 Å². The molecule has 3 N–H and O–H groups in total. The Morgan fingerprint density at radius 1 is 1.55 bits per heavy atom. The van der Waals surface area contributed by atoms with Crippen LogP contribution < -0.4 is 16.2 Å². The number of hydrogen-bond donors (Lipinski definition) is 2. The highest BCUT2D eigenvalue weighted by Crippen LogP contribution is 2.30. The van der Waals surface area contributed by atoms with Gasteiger partial charge in [-0.2, -0.15) is 0 Å². The number of aryl methyl sites for hydroxylation is 1. The fraction of sp³-hybridized carbons (Fsp3) is 0.333. The summed E-state index contributed by atoms with van der Waals surface area (Å²) in [4.78, 5) is 35.1. The van der Waals surface area contributed by atoms with Gasteiger partial charge in [0.15, 0.2) is 0 Å². The van der Waals surface area contributed by atoms with Gasteiger partial charge in [0.1, 0.15) is 0 Å². The highest BCUT2D eigenvalue weighted by Gasteiger charge is 2.35. The lowest BCUT2D eigenvalue weighted by Gasteiger charge is -2.18. The number of amides is 2. The Hall–Kier alpha value is -2.48. The summed E-state index contributed by atoms with van der Waals surface area (Å²) in [5.74, 6) is 3.98. The number of hydrogen-bond acceptors (Lipinski definition) is 5. The van der Waals surface area contributed by atoms with E-state index in [1.165, 1.54) is 23.1 Å². The third kappa shape index (κ3) is 2.45. The predicted molar refractivity (Wildman–Crippen MR) is 70.6 cm³/mol. The van der Waals surface area contributed by atoms with Crippen molar-refractivity contribution in [2.45, 2.75) is 13.3 Å². The maximum absolute atomic E-state index is 11.9. The number of nitro groups is 1. The van der Waals surface area contributed by atoms with Crippen molar-refractivity contribution in [1.29, 1.82) is 0 Å². The minimum absolute atomic E-state index is 0.0332. The second kappa shape index (κ2) is 5.25. The van der Waals surface area contributed by atoms with E-state index in [-0.39, 0.29) is 30.5 Å². The molecule has 1 heterocycles. The smallest absolute Gasteiger partial charge is 0.269 e. The third-order valence-corrected chi connectivity index (χ3v) is 3.32. The second-order valence-corrected chi connectivity index (χ2v) is 4.64. The Morgan fingerprint density at radius 3 is 2.80 bits per heavy atom. The van der Waals surface area contributed by atoms with Crippen molar-refractivity contribution in [3.63, 3.8) is 0 Å². The number of nitrogens with one attached hydrogen (secondary N) is 1. The van der Waals surface area contributed by atoms with E-state index in [9.17, 15) is 19.7 Å². The van der Waals surface area contributed by atoms with Crippen molar-refractivity contribution in [2.24, 2.45) is 11.8 Å². The normalized spacial score (nSPS) is 18.2. The van der Waals surface area contributed by atoms with Crippen molar-refractivity contribution in [3.05, 3.63) is 33.9 Å². The van der Waals surface area contributed by atoms with Gasteiger partial charge in [-0.25, -0.2) is 5.84 Å². The fourth-order valence-electron chi connectivity index (χ4n) is 2.29. The minimum Gasteiger partial charge on any atom is -0.311 e. The summed E-state index contributed by atoms with van der Waals surface area (Å²) in [6.07, 6.45) is 0.0828. The number of non-ortho nitro benzene ring substituents is 1. The van der Waals surface area contributed by atoms with E-state index in [4.69, 9.17) is 5.84 Å². The molecule has 1 saturated heterocycles. The molecule has 2 rings (SSSR count). The van der Waals surface area contributed by atoms with Crippen LogP contribution in [0, 0.1) is 23.0 Å². The molecule has 0 spiro atoms. The summed E-state index contributed by atoms with van der Waals surface area (Å²) in [5, 5.41) is 10.7. The molecule has 1 aliphatic rings. The molecule has 8 nitrogen and oxygen atoms in total. The summed E-state index contributed by atoms with van der Waals surface area (Å²) in [7, 11) is 0. The van der Waals surface area contributed by atoms with Gasteiger partial charge in [-0.15, -0.1) is 0 Å². The number of nitro benzene ring substituents is 1. The quantitative estimate of drug-likeness (QED) is 0.355. The molecule has 0 saturated carbocycles. The molecule has 1 aliphatic heterocycles. The van der Waals surface area contributed by atoms with Crippen LogP contribution in [-0.2, 0) is 9.59 Å². The van der Waals surface area contributed by atoms with Gasteiger partial charge >= 0.3 is 0 Å². The molecule has 1 atom stereocenters. The average Bonchev–Trinajstić information content (AvgIpc) is 2.79. The molecule has 106 valence electrons. The summed E-state index contributed by atoms with van der Waals surface area (Å²) in [6.45, 7) is 1.91. The first-order chi connectivity index (χ1) is 9.43. The zero-order valence-electron chi connectivity index (χ0n) is 10.8. The van der Waals surface area contributed by atoms with E-state index >= 15 is 0 Å². The van der Waals surface area contributed by atoms with Crippen LogP contribution in [0.1, 0.15) is 12.0 Å². The molecule has 0 bridgehead atoms. The van der Waals surface area contributed by atoms with Crippen LogP contribution >= 0.6 is 0 Å². The first-order valence-electron chi connectivity index (χ1n) is 6.00. The summed E-state index contributed by atoms with van der Waals surface area (Å²) in [6, 6.07) is 4.26. The van der Waals surface area contributed by atoms with E-state index < -0.39 is 10.8 Å². The molecule has 0 aliphatic carbocycles. The molecule has 2 amide bonds. The molecule has 1 aromatic carbocycles. The Morgan fingerprint density at radius 2 is 2.25 bits per heavy atom. The number of carbonyl (C=O) groups is 2.